The fourth-order valence-electron chi connectivity index (χ4n) is 3.59. The van der Waals surface area contributed by atoms with Gasteiger partial charge < -0.3 is 9.30 Å². The minimum Gasteiger partial charge on any atom is -0.438 e. The third kappa shape index (κ3) is 3.85. The molecule has 1 aromatic carbocycles. The minimum absolute atomic E-state index is 0.101. The van der Waals surface area contributed by atoms with Crippen LogP contribution in [0.3, 0.4) is 0 Å². The van der Waals surface area contributed by atoms with Gasteiger partial charge in [0.2, 0.25) is 5.88 Å². The van der Waals surface area contributed by atoms with Gasteiger partial charge in [0.05, 0.1) is 0 Å². The molecule has 0 N–H and O–H groups in total. The van der Waals surface area contributed by atoms with E-state index < -0.39 is 5.67 Å². The number of rotatable bonds is 4. The van der Waals surface area contributed by atoms with Gasteiger partial charge in [-0.3, -0.25) is 4.79 Å². The van der Waals surface area contributed by atoms with Crippen LogP contribution in [0.25, 0.3) is 21.2 Å². The van der Waals surface area contributed by atoms with Gasteiger partial charge in [0.25, 0.3) is 5.56 Å². The molecule has 4 rings (SSSR count). The Morgan fingerprint density at radius 3 is 2.45 bits per heavy atom. The maximum absolute atomic E-state index is 14.8. The average Bonchev–Trinajstić information content (AvgIpc) is 3.17. The summed E-state index contributed by atoms with van der Waals surface area (Å²) in [6.07, 6.45) is 3.15. The lowest BCUT2D eigenvalue weighted by Gasteiger charge is -2.19. The van der Waals surface area contributed by atoms with Crippen LogP contribution in [0.1, 0.15) is 30.5 Å². The van der Waals surface area contributed by atoms with E-state index in [2.05, 4.69) is 4.98 Å². The van der Waals surface area contributed by atoms with Gasteiger partial charge in [-0.15, -0.1) is 11.3 Å². The van der Waals surface area contributed by atoms with Crippen molar-refractivity contribution < 1.29 is 13.5 Å². The van der Waals surface area contributed by atoms with Gasteiger partial charge >= 0.3 is 0 Å². The van der Waals surface area contributed by atoms with E-state index in [4.69, 9.17) is 4.74 Å². The van der Waals surface area contributed by atoms with Crippen LogP contribution in [0.15, 0.2) is 46.8 Å². The zero-order valence-electron chi connectivity index (χ0n) is 17.9. The Morgan fingerprint density at radius 2 is 1.81 bits per heavy atom. The molecule has 0 aliphatic carbocycles. The Balaban J connectivity index is 1.98. The Hall–Kier alpha value is -3.06. The van der Waals surface area contributed by atoms with E-state index in [0.717, 1.165) is 5.39 Å². The normalized spacial score (nSPS) is 11.8. The molecular formula is C24H22F2N2O2S. The summed E-state index contributed by atoms with van der Waals surface area (Å²) < 4.78 is 36.8. The molecule has 31 heavy (non-hydrogen) atoms. The van der Waals surface area contributed by atoms with E-state index in [1.54, 1.807) is 33.2 Å². The molecule has 0 radical (unpaired) electrons. The van der Waals surface area contributed by atoms with Crippen LogP contribution in [0, 0.1) is 19.7 Å². The van der Waals surface area contributed by atoms with E-state index >= 15 is 0 Å². The molecule has 4 nitrogen and oxygen atoms in total. The molecule has 160 valence electrons. The molecule has 0 spiro atoms. The van der Waals surface area contributed by atoms with Crippen molar-refractivity contribution >= 4 is 21.4 Å². The molecule has 0 aliphatic heterocycles. The van der Waals surface area contributed by atoms with Gasteiger partial charge in [0, 0.05) is 41.5 Å². The smallest absolute Gasteiger partial charge is 0.268 e. The van der Waals surface area contributed by atoms with E-state index in [1.807, 2.05) is 11.4 Å². The zero-order chi connectivity index (χ0) is 22.5. The fourth-order valence-corrected chi connectivity index (χ4v) is 4.48. The molecule has 0 unspecified atom stereocenters. The van der Waals surface area contributed by atoms with Gasteiger partial charge in [-0.2, -0.15) is 0 Å². The monoisotopic (exact) mass is 440 g/mol. The van der Waals surface area contributed by atoms with Gasteiger partial charge in [-0.05, 0) is 68.5 Å². The molecule has 0 aliphatic rings. The summed E-state index contributed by atoms with van der Waals surface area (Å²) in [6, 6.07) is 6.35. The number of fused-ring (bicyclic) bond motifs is 1. The number of aromatic nitrogens is 2. The molecule has 0 saturated carbocycles. The van der Waals surface area contributed by atoms with Crippen LogP contribution >= 0.6 is 11.3 Å². The molecular weight excluding hydrogens is 418 g/mol. The van der Waals surface area contributed by atoms with Crippen molar-refractivity contribution in [2.45, 2.75) is 33.4 Å². The molecule has 0 atom stereocenters. The number of hydrogen-bond donors (Lipinski definition) is 0. The van der Waals surface area contributed by atoms with Crippen LogP contribution in [-0.4, -0.2) is 9.55 Å². The Kier molecular flexibility index (Phi) is 5.17. The summed E-state index contributed by atoms with van der Waals surface area (Å²) >= 11 is 1.35. The highest BCUT2D eigenvalue weighted by molar-refractivity contribution is 7.17. The number of aryl methyl sites for hydroxylation is 3. The van der Waals surface area contributed by atoms with E-state index in [1.165, 1.54) is 48.1 Å². The number of alkyl halides is 1. The molecule has 3 heterocycles. The number of ether oxygens (including phenoxy) is 1. The summed E-state index contributed by atoms with van der Waals surface area (Å²) in [7, 11) is 1.68. The Bertz CT molecular complexity index is 1340. The first-order valence-electron chi connectivity index (χ1n) is 9.77. The van der Waals surface area contributed by atoms with Crippen LogP contribution in [0.4, 0.5) is 8.78 Å². The highest BCUT2D eigenvalue weighted by Crippen LogP contribution is 2.40. The maximum atomic E-state index is 14.8. The SMILES string of the molecule is Cc1cc(F)cc(C)c1Oc1ncc(C(C)(C)F)cc1-c1cn(C)c(=O)c2sccc12. The average molecular weight is 441 g/mol. The van der Waals surface area contributed by atoms with Crippen molar-refractivity contribution in [1.29, 1.82) is 0 Å². The maximum Gasteiger partial charge on any atom is 0.268 e. The number of pyridine rings is 2. The molecule has 0 fully saturated rings. The summed E-state index contributed by atoms with van der Waals surface area (Å²) in [4.78, 5) is 17.0. The second kappa shape index (κ2) is 7.57. The van der Waals surface area contributed by atoms with Crippen molar-refractivity contribution in [1.82, 2.24) is 9.55 Å². The van der Waals surface area contributed by atoms with Gasteiger partial charge in [0.1, 0.15) is 21.9 Å². The van der Waals surface area contributed by atoms with E-state index in [9.17, 15) is 13.6 Å². The zero-order valence-corrected chi connectivity index (χ0v) is 18.7. The number of thiophene rings is 1. The first kappa shape index (κ1) is 21.2. The van der Waals surface area contributed by atoms with Crippen molar-refractivity contribution in [2.75, 3.05) is 0 Å². The van der Waals surface area contributed by atoms with Crippen molar-refractivity contribution in [3.05, 3.63) is 74.9 Å². The van der Waals surface area contributed by atoms with Crippen molar-refractivity contribution in [2.24, 2.45) is 7.05 Å². The lowest BCUT2D eigenvalue weighted by atomic mass is 9.97. The van der Waals surface area contributed by atoms with Gasteiger partial charge in [-0.25, -0.2) is 13.8 Å². The largest absolute Gasteiger partial charge is 0.438 e. The molecule has 0 saturated heterocycles. The lowest BCUT2D eigenvalue weighted by Crippen LogP contribution is -2.15. The summed E-state index contributed by atoms with van der Waals surface area (Å²) in [5.74, 6) is 0.411. The first-order valence-corrected chi connectivity index (χ1v) is 10.7. The molecule has 4 aromatic rings. The number of halogens is 2. The molecule has 3 aromatic heterocycles. The van der Waals surface area contributed by atoms with Crippen LogP contribution < -0.4 is 10.3 Å². The fraction of sp³-hybridized carbons (Fsp3) is 0.250. The number of benzene rings is 1. The molecule has 0 bridgehead atoms. The van der Waals surface area contributed by atoms with Crippen LogP contribution in [-0.2, 0) is 12.7 Å². The quantitative estimate of drug-likeness (QED) is 0.368. The van der Waals surface area contributed by atoms with Crippen molar-refractivity contribution in [3.63, 3.8) is 0 Å². The predicted octanol–water partition coefficient (Wildman–Crippen LogP) is 6.41. The number of nitrogens with zero attached hydrogens (tertiary/aromatic N) is 2. The Morgan fingerprint density at radius 1 is 1.13 bits per heavy atom. The Labute approximate surface area is 182 Å². The highest BCUT2D eigenvalue weighted by atomic mass is 32.1. The van der Waals surface area contributed by atoms with E-state index in [-0.39, 0.29) is 17.3 Å². The third-order valence-corrected chi connectivity index (χ3v) is 6.15. The standard InChI is InChI=1S/C24H22F2N2O2S/c1-13-8-16(25)9-14(2)20(13)30-22-18(10-15(11-27-22)24(3,4)26)19-12-28(5)23(29)21-17(19)6-7-31-21/h6-12H,1-5H3. The van der Waals surface area contributed by atoms with Gasteiger partial charge in [-0.1, -0.05) is 0 Å². The lowest BCUT2D eigenvalue weighted by molar-refractivity contribution is 0.220. The highest BCUT2D eigenvalue weighted by Gasteiger charge is 2.24. The molecule has 7 heteroatoms. The third-order valence-electron chi connectivity index (χ3n) is 5.24. The van der Waals surface area contributed by atoms with Gasteiger partial charge in [0.15, 0.2) is 0 Å². The second-order valence-electron chi connectivity index (χ2n) is 8.14. The second-order valence-corrected chi connectivity index (χ2v) is 9.06. The molecule has 0 amide bonds. The van der Waals surface area contributed by atoms with E-state index in [0.29, 0.717) is 38.3 Å². The first-order chi connectivity index (χ1) is 14.6. The minimum atomic E-state index is -1.61. The van der Waals surface area contributed by atoms with Crippen LogP contribution in [0.2, 0.25) is 0 Å². The van der Waals surface area contributed by atoms with Crippen LogP contribution in [0.5, 0.6) is 11.6 Å². The summed E-state index contributed by atoms with van der Waals surface area (Å²) in [5.41, 5.74) is 1.20. The van der Waals surface area contributed by atoms with Crippen molar-refractivity contribution in [3.8, 4) is 22.8 Å². The summed E-state index contributed by atoms with van der Waals surface area (Å²) in [5, 5.41) is 2.60. The topological polar surface area (TPSA) is 44.1 Å². The predicted molar refractivity (Wildman–Crippen MR) is 120 cm³/mol. The summed E-state index contributed by atoms with van der Waals surface area (Å²) in [6.45, 7) is 6.44. The number of hydrogen-bond acceptors (Lipinski definition) is 4.